The van der Waals surface area contributed by atoms with E-state index in [4.69, 9.17) is 0 Å². The van der Waals surface area contributed by atoms with Crippen molar-refractivity contribution in [2.24, 2.45) is 5.92 Å². The Hall–Kier alpha value is -1.14. The van der Waals surface area contributed by atoms with Gasteiger partial charge in [-0.1, -0.05) is 0 Å². The predicted octanol–water partition coefficient (Wildman–Crippen LogP) is -1.51. The van der Waals surface area contributed by atoms with Gasteiger partial charge in [-0.3, -0.25) is 14.5 Å². The van der Waals surface area contributed by atoms with E-state index in [0.29, 0.717) is 19.5 Å². The summed E-state index contributed by atoms with van der Waals surface area (Å²) in [6, 6.07) is 0. The molecule has 2 aliphatic heterocycles. The van der Waals surface area contributed by atoms with Gasteiger partial charge in [0.05, 0.1) is 5.92 Å². The molecule has 0 aromatic rings. The van der Waals surface area contributed by atoms with Crippen molar-refractivity contribution in [1.29, 1.82) is 0 Å². The number of nitrogens with one attached hydrogen (secondary N) is 2. The molecule has 0 aliphatic carbocycles. The molecular weight excluding hydrogens is 232 g/mol. The van der Waals surface area contributed by atoms with Gasteiger partial charge in [0.25, 0.3) is 0 Å². The van der Waals surface area contributed by atoms with Crippen LogP contribution in [-0.2, 0) is 9.59 Å². The Kier molecular flexibility index (Phi) is 4.54. The molecule has 0 radical (unpaired) electrons. The number of likely N-dealkylation sites (tertiary alicyclic amines) is 1. The van der Waals surface area contributed by atoms with E-state index in [2.05, 4.69) is 15.5 Å². The second-order valence-corrected chi connectivity index (χ2v) is 5.06. The summed E-state index contributed by atoms with van der Waals surface area (Å²) in [5.74, 6) is -0.0781. The lowest BCUT2D eigenvalue weighted by Crippen LogP contribution is -2.46. The number of nitrogens with zero attached hydrogens (tertiary/aromatic N) is 2. The van der Waals surface area contributed by atoms with Crippen molar-refractivity contribution in [2.75, 3.05) is 52.9 Å². The predicted molar refractivity (Wildman–Crippen MR) is 68.1 cm³/mol. The van der Waals surface area contributed by atoms with Crippen molar-refractivity contribution >= 4 is 11.8 Å². The van der Waals surface area contributed by atoms with Gasteiger partial charge in [0.2, 0.25) is 11.8 Å². The van der Waals surface area contributed by atoms with E-state index in [9.17, 15) is 9.59 Å². The zero-order valence-electron chi connectivity index (χ0n) is 10.9. The molecular formula is C12H22N4O2. The zero-order chi connectivity index (χ0) is 13.0. The molecule has 6 heteroatoms. The van der Waals surface area contributed by atoms with Crippen LogP contribution in [-0.4, -0.2) is 74.5 Å². The van der Waals surface area contributed by atoms with E-state index in [1.165, 1.54) is 0 Å². The van der Waals surface area contributed by atoms with Crippen LogP contribution in [0.5, 0.6) is 0 Å². The van der Waals surface area contributed by atoms with Gasteiger partial charge in [-0.2, -0.15) is 0 Å². The second-order valence-electron chi connectivity index (χ2n) is 5.06. The lowest BCUT2D eigenvalue weighted by Gasteiger charge is -2.27. The molecule has 0 saturated carbocycles. The van der Waals surface area contributed by atoms with Crippen molar-refractivity contribution < 1.29 is 9.59 Å². The standard InChI is InChI=1S/C12H22N4O2/c1-15-9-10(8-11(15)17)12(18)14-4-7-16-5-2-13-3-6-16/h10,13H,2-9H2,1H3,(H,14,18). The number of carbonyl (C=O) groups excluding carboxylic acids is 2. The van der Waals surface area contributed by atoms with Crippen LogP contribution in [0.3, 0.4) is 0 Å². The maximum Gasteiger partial charge on any atom is 0.225 e. The van der Waals surface area contributed by atoms with E-state index in [1.54, 1.807) is 11.9 Å². The second kappa shape index (κ2) is 6.15. The minimum absolute atomic E-state index is 0.0165. The number of amides is 2. The van der Waals surface area contributed by atoms with Gasteiger partial charge < -0.3 is 15.5 Å². The average Bonchev–Trinajstić information content (AvgIpc) is 2.71. The monoisotopic (exact) mass is 254 g/mol. The molecule has 2 fully saturated rings. The van der Waals surface area contributed by atoms with Crippen molar-refractivity contribution in [3.05, 3.63) is 0 Å². The van der Waals surface area contributed by atoms with E-state index >= 15 is 0 Å². The van der Waals surface area contributed by atoms with Crippen LogP contribution >= 0.6 is 0 Å². The molecule has 1 atom stereocenters. The molecule has 2 rings (SSSR count). The Bertz CT molecular complexity index is 315. The highest BCUT2D eigenvalue weighted by Gasteiger charge is 2.31. The quantitative estimate of drug-likeness (QED) is 0.640. The van der Waals surface area contributed by atoms with Crippen LogP contribution in [0.1, 0.15) is 6.42 Å². The third-order valence-electron chi connectivity index (χ3n) is 3.65. The molecule has 18 heavy (non-hydrogen) atoms. The van der Waals surface area contributed by atoms with Crippen LogP contribution in [0.4, 0.5) is 0 Å². The number of rotatable bonds is 4. The normalized spacial score (nSPS) is 25.5. The number of hydrogen-bond acceptors (Lipinski definition) is 4. The molecule has 0 bridgehead atoms. The van der Waals surface area contributed by atoms with Crippen LogP contribution in [0, 0.1) is 5.92 Å². The van der Waals surface area contributed by atoms with Gasteiger partial charge >= 0.3 is 0 Å². The molecule has 2 aliphatic rings. The first kappa shape index (κ1) is 13.3. The van der Waals surface area contributed by atoms with Crippen LogP contribution in [0.25, 0.3) is 0 Å². The Morgan fingerprint density at radius 2 is 2.17 bits per heavy atom. The molecule has 0 spiro atoms. The summed E-state index contributed by atoms with van der Waals surface area (Å²) in [7, 11) is 1.75. The minimum Gasteiger partial charge on any atom is -0.355 e. The summed E-state index contributed by atoms with van der Waals surface area (Å²) in [6.45, 7) is 6.25. The first-order valence-electron chi connectivity index (χ1n) is 6.61. The van der Waals surface area contributed by atoms with Gasteiger partial charge in [0.1, 0.15) is 0 Å². The van der Waals surface area contributed by atoms with Crippen LogP contribution in [0.2, 0.25) is 0 Å². The van der Waals surface area contributed by atoms with E-state index < -0.39 is 0 Å². The average molecular weight is 254 g/mol. The van der Waals surface area contributed by atoms with Crippen molar-refractivity contribution in [2.45, 2.75) is 6.42 Å². The third kappa shape index (κ3) is 3.43. The molecule has 1 unspecified atom stereocenters. The topological polar surface area (TPSA) is 64.7 Å². The van der Waals surface area contributed by atoms with Gasteiger partial charge in [0, 0.05) is 59.3 Å². The lowest BCUT2D eigenvalue weighted by molar-refractivity contribution is -0.128. The molecule has 102 valence electrons. The zero-order valence-corrected chi connectivity index (χ0v) is 10.9. The molecule has 6 nitrogen and oxygen atoms in total. The lowest BCUT2D eigenvalue weighted by atomic mass is 10.1. The highest BCUT2D eigenvalue weighted by molar-refractivity contribution is 5.89. The molecule has 2 heterocycles. The van der Waals surface area contributed by atoms with Crippen molar-refractivity contribution in [3.63, 3.8) is 0 Å². The first-order chi connectivity index (χ1) is 8.66. The van der Waals surface area contributed by atoms with Crippen LogP contribution < -0.4 is 10.6 Å². The maximum atomic E-state index is 11.9. The Morgan fingerprint density at radius 3 is 2.78 bits per heavy atom. The summed E-state index contributed by atoms with van der Waals surface area (Å²) in [6.07, 6.45) is 0.357. The van der Waals surface area contributed by atoms with Gasteiger partial charge in [-0.05, 0) is 0 Å². The fourth-order valence-corrected chi connectivity index (χ4v) is 2.46. The number of piperazine rings is 1. The van der Waals surface area contributed by atoms with Crippen molar-refractivity contribution in [1.82, 2.24) is 20.4 Å². The molecule has 2 amide bonds. The van der Waals surface area contributed by atoms with E-state index in [-0.39, 0.29) is 17.7 Å². The highest BCUT2D eigenvalue weighted by Crippen LogP contribution is 2.15. The Labute approximate surface area is 108 Å². The Balaban J connectivity index is 1.64. The maximum absolute atomic E-state index is 11.9. The number of hydrogen-bond donors (Lipinski definition) is 2. The first-order valence-corrected chi connectivity index (χ1v) is 6.61. The summed E-state index contributed by atoms with van der Waals surface area (Å²) in [5.41, 5.74) is 0. The largest absolute Gasteiger partial charge is 0.355 e. The smallest absolute Gasteiger partial charge is 0.225 e. The van der Waals surface area contributed by atoms with Crippen molar-refractivity contribution in [3.8, 4) is 0 Å². The Morgan fingerprint density at radius 1 is 1.44 bits per heavy atom. The molecule has 2 N–H and O–H groups in total. The molecule has 0 aromatic carbocycles. The summed E-state index contributed by atoms with van der Waals surface area (Å²) in [5, 5.41) is 6.23. The van der Waals surface area contributed by atoms with Gasteiger partial charge in [-0.15, -0.1) is 0 Å². The summed E-state index contributed by atoms with van der Waals surface area (Å²) in [4.78, 5) is 27.2. The van der Waals surface area contributed by atoms with Gasteiger partial charge in [-0.25, -0.2) is 0 Å². The number of carbonyl (C=O) groups is 2. The third-order valence-corrected chi connectivity index (χ3v) is 3.65. The fourth-order valence-electron chi connectivity index (χ4n) is 2.46. The summed E-state index contributed by atoms with van der Waals surface area (Å²) < 4.78 is 0. The van der Waals surface area contributed by atoms with Gasteiger partial charge in [0.15, 0.2) is 0 Å². The van der Waals surface area contributed by atoms with Crippen LogP contribution in [0.15, 0.2) is 0 Å². The van der Waals surface area contributed by atoms with E-state index in [1.807, 2.05) is 0 Å². The molecule has 0 aromatic heterocycles. The highest BCUT2D eigenvalue weighted by atomic mass is 16.2. The van der Waals surface area contributed by atoms with E-state index in [0.717, 1.165) is 32.7 Å². The fraction of sp³-hybridized carbons (Fsp3) is 0.833. The summed E-state index contributed by atoms with van der Waals surface area (Å²) >= 11 is 0. The molecule has 2 saturated heterocycles. The minimum atomic E-state index is -0.162. The SMILES string of the molecule is CN1CC(C(=O)NCCN2CCNCC2)CC1=O.